The predicted molar refractivity (Wildman–Crippen MR) is 141 cm³/mol. The molecule has 2 aromatic carbocycles. The first kappa shape index (κ1) is 25.2. The molecule has 0 unspecified atom stereocenters. The molecule has 7 nitrogen and oxygen atoms in total. The maximum atomic E-state index is 11.0. The number of halogens is 1. The van der Waals surface area contributed by atoms with Crippen molar-refractivity contribution in [1.82, 2.24) is 19.6 Å². The summed E-state index contributed by atoms with van der Waals surface area (Å²) in [4.78, 5) is 4.67. The van der Waals surface area contributed by atoms with Crippen LogP contribution in [0.3, 0.4) is 0 Å². The minimum absolute atomic E-state index is 0.431. The first-order valence-electron chi connectivity index (χ1n) is 12.8. The summed E-state index contributed by atoms with van der Waals surface area (Å²) in [6, 6.07) is 17.6. The molecule has 1 aliphatic heterocycles. The summed E-state index contributed by atoms with van der Waals surface area (Å²) in [5.74, 6) is 2.11. The van der Waals surface area contributed by atoms with Crippen molar-refractivity contribution in [2.75, 3.05) is 45.9 Å². The minimum atomic E-state index is -0.431. The van der Waals surface area contributed by atoms with Crippen molar-refractivity contribution in [3.63, 3.8) is 0 Å². The molecule has 1 aromatic heterocycles. The summed E-state index contributed by atoms with van der Waals surface area (Å²) in [5, 5.41) is 16.6. The van der Waals surface area contributed by atoms with E-state index in [1.165, 1.54) is 12.8 Å². The number of aliphatic hydroxyl groups is 1. The third-order valence-corrected chi connectivity index (χ3v) is 7.05. The zero-order valence-corrected chi connectivity index (χ0v) is 21.6. The van der Waals surface area contributed by atoms with Crippen LogP contribution in [0.15, 0.2) is 54.6 Å². The molecule has 1 atom stereocenters. The number of aliphatic hydroxyl groups excluding tert-OH is 1. The molecule has 0 bridgehead atoms. The molecule has 0 spiro atoms. The molecule has 1 saturated heterocycles. The van der Waals surface area contributed by atoms with Crippen LogP contribution in [-0.4, -0.2) is 76.7 Å². The molecule has 192 valence electrons. The third-order valence-electron chi connectivity index (χ3n) is 6.80. The van der Waals surface area contributed by atoms with E-state index in [0.717, 1.165) is 49.7 Å². The Balaban J connectivity index is 1.41. The predicted octanol–water partition coefficient (Wildman–Crippen LogP) is 4.44. The van der Waals surface area contributed by atoms with Crippen LogP contribution in [0.4, 0.5) is 0 Å². The van der Waals surface area contributed by atoms with Crippen LogP contribution in [0, 0.1) is 5.92 Å². The molecule has 2 fully saturated rings. The van der Waals surface area contributed by atoms with Crippen LogP contribution >= 0.6 is 11.6 Å². The first-order valence-corrected chi connectivity index (χ1v) is 13.2. The van der Waals surface area contributed by atoms with Crippen molar-refractivity contribution in [2.24, 2.45) is 13.0 Å². The van der Waals surface area contributed by atoms with Gasteiger partial charge in [-0.05, 0) is 43.0 Å². The second-order valence-electron chi connectivity index (χ2n) is 9.88. The van der Waals surface area contributed by atoms with Crippen LogP contribution in [0.1, 0.15) is 18.4 Å². The first-order chi connectivity index (χ1) is 17.5. The summed E-state index contributed by atoms with van der Waals surface area (Å²) in [6.07, 6.45) is 2.07. The number of rotatable bonds is 11. The van der Waals surface area contributed by atoms with E-state index < -0.39 is 6.10 Å². The Morgan fingerprint density at radius 3 is 2.53 bits per heavy atom. The quantitative estimate of drug-likeness (QED) is 0.411. The van der Waals surface area contributed by atoms with E-state index in [0.29, 0.717) is 42.2 Å². The molecule has 2 aliphatic rings. The van der Waals surface area contributed by atoms with E-state index in [9.17, 15) is 5.11 Å². The zero-order valence-electron chi connectivity index (χ0n) is 20.9. The molecule has 0 amide bonds. The Morgan fingerprint density at radius 1 is 1.11 bits per heavy atom. The molecule has 5 rings (SSSR count). The molecule has 2 heterocycles. The van der Waals surface area contributed by atoms with Gasteiger partial charge in [-0.3, -0.25) is 9.80 Å². The number of aryl methyl sites for hydroxylation is 1. The van der Waals surface area contributed by atoms with Gasteiger partial charge in [0.15, 0.2) is 0 Å². The maximum Gasteiger partial charge on any atom is 0.222 e. The van der Waals surface area contributed by atoms with Gasteiger partial charge < -0.3 is 14.6 Å². The van der Waals surface area contributed by atoms with Gasteiger partial charge in [0.25, 0.3) is 0 Å². The van der Waals surface area contributed by atoms with E-state index in [4.69, 9.17) is 26.2 Å². The Hall–Kier alpha value is -2.42. The van der Waals surface area contributed by atoms with Gasteiger partial charge >= 0.3 is 0 Å². The van der Waals surface area contributed by atoms with E-state index in [2.05, 4.69) is 21.9 Å². The van der Waals surface area contributed by atoms with Crippen molar-refractivity contribution in [3.8, 4) is 22.9 Å². The summed E-state index contributed by atoms with van der Waals surface area (Å²) < 4.78 is 13.7. The number of hydrogen-bond donors (Lipinski definition) is 1. The second kappa shape index (κ2) is 11.8. The van der Waals surface area contributed by atoms with E-state index in [-0.39, 0.29) is 0 Å². The maximum absolute atomic E-state index is 11.0. The normalized spacial score (nSPS) is 17.4. The minimum Gasteiger partial charge on any atom is -0.439 e. The fourth-order valence-electron chi connectivity index (χ4n) is 4.80. The summed E-state index contributed by atoms with van der Waals surface area (Å²) in [6.45, 7) is 6.11. The molecule has 3 aromatic rings. The van der Waals surface area contributed by atoms with Crippen molar-refractivity contribution in [1.29, 1.82) is 0 Å². The third kappa shape index (κ3) is 6.66. The lowest BCUT2D eigenvalue weighted by molar-refractivity contribution is 0.00587. The average molecular weight is 511 g/mol. The Morgan fingerprint density at radius 2 is 1.83 bits per heavy atom. The summed E-state index contributed by atoms with van der Waals surface area (Å²) in [7, 11) is 1.92. The zero-order chi connectivity index (χ0) is 24.9. The molecular weight excluding hydrogens is 476 g/mol. The molecular formula is C28H35ClN4O3. The number of hydrogen-bond acceptors (Lipinski definition) is 6. The summed E-state index contributed by atoms with van der Waals surface area (Å²) >= 11 is 6.09. The number of ether oxygens (including phenoxy) is 2. The lowest BCUT2D eigenvalue weighted by Gasteiger charge is -2.31. The van der Waals surface area contributed by atoms with Gasteiger partial charge in [0.2, 0.25) is 5.88 Å². The highest BCUT2D eigenvalue weighted by atomic mass is 35.5. The van der Waals surface area contributed by atoms with Gasteiger partial charge in [0.1, 0.15) is 11.4 Å². The van der Waals surface area contributed by atoms with Crippen LogP contribution in [0.2, 0.25) is 5.02 Å². The van der Waals surface area contributed by atoms with E-state index in [1.807, 2.05) is 54.2 Å². The average Bonchev–Trinajstić information content (AvgIpc) is 3.65. The monoisotopic (exact) mass is 510 g/mol. The van der Waals surface area contributed by atoms with Gasteiger partial charge in [-0.1, -0.05) is 41.9 Å². The Kier molecular flexibility index (Phi) is 8.24. The van der Waals surface area contributed by atoms with E-state index >= 15 is 0 Å². The number of morpholine rings is 1. The van der Waals surface area contributed by atoms with Crippen molar-refractivity contribution in [2.45, 2.75) is 25.5 Å². The second-order valence-corrected chi connectivity index (χ2v) is 10.3. The van der Waals surface area contributed by atoms with Crippen molar-refractivity contribution < 1.29 is 14.6 Å². The Bertz CT molecular complexity index is 1110. The van der Waals surface area contributed by atoms with Gasteiger partial charge in [0, 0.05) is 56.9 Å². The lowest BCUT2D eigenvalue weighted by Crippen LogP contribution is -2.44. The fraction of sp³-hybridized carbons (Fsp3) is 0.464. The number of benzene rings is 2. The van der Waals surface area contributed by atoms with Crippen molar-refractivity contribution >= 4 is 11.6 Å². The van der Waals surface area contributed by atoms with Crippen LogP contribution in [0.25, 0.3) is 11.3 Å². The van der Waals surface area contributed by atoms with Crippen LogP contribution in [0.5, 0.6) is 11.6 Å². The SMILES string of the molecule is Cn1nc(-c2ccccc2)c(CN(CC2CC2)C[C@H](O)CN2CCOCC2)c1Oc1ccc(Cl)cc1. The number of β-amino-alcohol motifs (C(OH)–C–C–N with tert-alkyl or cyclic N) is 1. The van der Waals surface area contributed by atoms with E-state index in [1.54, 1.807) is 0 Å². The number of nitrogens with zero attached hydrogens (tertiary/aromatic N) is 4. The van der Waals surface area contributed by atoms with Crippen molar-refractivity contribution in [3.05, 3.63) is 65.2 Å². The van der Waals surface area contributed by atoms with Gasteiger partial charge in [-0.2, -0.15) is 5.10 Å². The van der Waals surface area contributed by atoms with Gasteiger partial charge in [-0.15, -0.1) is 0 Å². The Labute approximate surface area is 218 Å². The highest BCUT2D eigenvalue weighted by molar-refractivity contribution is 6.30. The fourth-order valence-corrected chi connectivity index (χ4v) is 4.92. The highest BCUT2D eigenvalue weighted by Crippen LogP contribution is 2.36. The largest absolute Gasteiger partial charge is 0.439 e. The molecule has 36 heavy (non-hydrogen) atoms. The standard InChI is InChI=1S/C28H35ClN4O3/c1-31-28(36-25-11-9-23(29)10-12-25)26(27(30-31)22-5-3-2-4-6-22)20-33(17-21-7-8-21)19-24(34)18-32-13-15-35-16-14-32/h2-6,9-12,21,24,34H,7-8,13-20H2,1H3/t24-/m1/s1. The molecule has 1 saturated carbocycles. The summed E-state index contributed by atoms with van der Waals surface area (Å²) in [5.41, 5.74) is 2.98. The van der Waals surface area contributed by atoms with Crippen LogP contribution in [-0.2, 0) is 18.3 Å². The molecule has 1 N–H and O–H groups in total. The van der Waals surface area contributed by atoms with Gasteiger partial charge in [-0.25, -0.2) is 4.68 Å². The molecule has 1 aliphatic carbocycles. The smallest absolute Gasteiger partial charge is 0.222 e. The number of aromatic nitrogens is 2. The van der Waals surface area contributed by atoms with Crippen LogP contribution < -0.4 is 4.74 Å². The molecule has 8 heteroatoms. The lowest BCUT2D eigenvalue weighted by atomic mass is 10.1. The van der Waals surface area contributed by atoms with Gasteiger partial charge in [0.05, 0.1) is 24.9 Å². The highest BCUT2D eigenvalue weighted by Gasteiger charge is 2.29. The molecule has 0 radical (unpaired) electrons. The topological polar surface area (TPSA) is 63.0 Å².